The van der Waals surface area contributed by atoms with Crippen LogP contribution in [0.25, 0.3) is 0 Å². The van der Waals surface area contributed by atoms with Crippen LogP contribution in [0.1, 0.15) is 69.4 Å². The second-order valence-electron chi connectivity index (χ2n) is 6.08. The van der Waals surface area contributed by atoms with E-state index < -0.39 is 0 Å². The zero-order valence-electron chi connectivity index (χ0n) is 11.7. The fourth-order valence-corrected chi connectivity index (χ4v) is 3.50. The Bertz CT molecular complexity index is 401. The van der Waals surface area contributed by atoms with Gasteiger partial charge in [0.25, 0.3) is 0 Å². The van der Waals surface area contributed by atoms with Gasteiger partial charge in [-0.25, -0.2) is 0 Å². The summed E-state index contributed by atoms with van der Waals surface area (Å²) < 4.78 is 2.55. The number of hydrogen-bond donors (Lipinski definition) is 1. The van der Waals surface area contributed by atoms with Crippen LogP contribution >= 0.6 is 0 Å². The topological polar surface area (TPSA) is 30.9 Å². The zero-order valence-corrected chi connectivity index (χ0v) is 11.7. The summed E-state index contributed by atoms with van der Waals surface area (Å²) >= 11 is 0. The van der Waals surface area contributed by atoms with Crippen molar-refractivity contribution in [2.24, 2.45) is 5.73 Å². The van der Waals surface area contributed by atoms with Gasteiger partial charge in [-0.3, -0.25) is 0 Å². The molecule has 2 heteroatoms. The highest BCUT2D eigenvalue weighted by Gasteiger charge is 2.28. The third-order valence-electron chi connectivity index (χ3n) is 4.12. The molecule has 2 nitrogen and oxygen atoms in total. The number of aryl methyl sites for hydroxylation is 1. The molecule has 1 aromatic rings. The first-order chi connectivity index (χ1) is 7.97. The van der Waals surface area contributed by atoms with Gasteiger partial charge in [0.05, 0.1) is 0 Å². The number of hydrogen-bond acceptors (Lipinski definition) is 1. The highest BCUT2D eigenvalue weighted by atomic mass is 15.1. The number of aromatic nitrogens is 1. The van der Waals surface area contributed by atoms with Crippen LogP contribution in [0.4, 0.5) is 0 Å². The minimum Gasteiger partial charge on any atom is -0.343 e. The lowest BCUT2D eigenvalue weighted by Crippen LogP contribution is -2.30. The van der Waals surface area contributed by atoms with Gasteiger partial charge in [-0.1, -0.05) is 13.3 Å². The van der Waals surface area contributed by atoms with Crippen molar-refractivity contribution < 1.29 is 0 Å². The van der Waals surface area contributed by atoms with Gasteiger partial charge >= 0.3 is 0 Å². The molecule has 0 amide bonds. The molecule has 1 unspecified atom stereocenters. The van der Waals surface area contributed by atoms with Gasteiger partial charge in [-0.2, -0.15) is 0 Å². The lowest BCUT2D eigenvalue weighted by Gasteiger charge is -2.33. The summed E-state index contributed by atoms with van der Waals surface area (Å²) in [4.78, 5) is 0. The van der Waals surface area contributed by atoms with Gasteiger partial charge in [-0.15, -0.1) is 0 Å². The second-order valence-corrected chi connectivity index (χ2v) is 6.08. The van der Waals surface area contributed by atoms with E-state index in [-0.39, 0.29) is 11.6 Å². The lowest BCUT2D eigenvalue weighted by atomic mass is 9.92. The van der Waals surface area contributed by atoms with E-state index in [9.17, 15) is 0 Å². The van der Waals surface area contributed by atoms with Crippen LogP contribution < -0.4 is 5.73 Å². The predicted molar refractivity (Wildman–Crippen MR) is 73.3 cm³/mol. The highest BCUT2D eigenvalue weighted by Crippen LogP contribution is 2.35. The Morgan fingerprint density at radius 1 is 1.47 bits per heavy atom. The average molecular weight is 234 g/mol. The predicted octanol–water partition coefficient (Wildman–Crippen LogP) is 3.67. The number of fused-ring (bicyclic) bond motifs is 1. The molecule has 17 heavy (non-hydrogen) atoms. The third kappa shape index (κ3) is 2.15. The SMILES string of the molecule is CCCC(C)(C)n1c(C)cc2c1CCCC2N. The molecule has 0 saturated carbocycles. The Kier molecular flexibility index (Phi) is 3.35. The molecule has 1 aliphatic rings. The Hall–Kier alpha value is -0.760. The minimum atomic E-state index is 0.226. The summed E-state index contributed by atoms with van der Waals surface area (Å²) in [6, 6.07) is 2.58. The standard InChI is InChI=1S/C15H26N2/c1-5-9-15(3,4)17-11(2)10-12-13(16)7-6-8-14(12)17/h10,13H,5-9,16H2,1-4H3. The number of rotatable bonds is 3. The largest absolute Gasteiger partial charge is 0.343 e. The molecule has 0 fully saturated rings. The number of nitrogens with two attached hydrogens (primary N) is 1. The molecule has 0 spiro atoms. The first-order valence-corrected chi connectivity index (χ1v) is 6.94. The molecule has 1 aromatic heterocycles. The summed E-state index contributed by atoms with van der Waals surface area (Å²) in [5.41, 5.74) is 10.7. The van der Waals surface area contributed by atoms with Crippen molar-refractivity contribution in [3.8, 4) is 0 Å². The van der Waals surface area contributed by atoms with E-state index in [0.29, 0.717) is 0 Å². The van der Waals surface area contributed by atoms with Gasteiger partial charge in [0, 0.05) is 23.0 Å². The van der Waals surface area contributed by atoms with Crippen molar-refractivity contribution in [2.45, 2.75) is 71.4 Å². The summed E-state index contributed by atoms with van der Waals surface area (Å²) in [5.74, 6) is 0. The summed E-state index contributed by atoms with van der Waals surface area (Å²) in [5, 5.41) is 0. The maximum atomic E-state index is 6.23. The number of nitrogens with zero attached hydrogens (tertiary/aromatic N) is 1. The quantitative estimate of drug-likeness (QED) is 0.850. The lowest BCUT2D eigenvalue weighted by molar-refractivity contribution is 0.306. The van der Waals surface area contributed by atoms with E-state index in [1.807, 2.05) is 0 Å². The van der Waals surface area contributed by atoms with E-state index in [2.05, 4.69) is 38.3 Å². The third-order valence-corrected chi connectivity index (χ3v) is 4.12. The first kappa shape index (κ1) is 12.7. The van der Waals surface area contributed by atoms with Gasteiger partial charge < -0.3 is 10.3 Å². The van der Waals surface area contributed by atoms with Gasteiger partial charge in [0.15, 0.2) is 0 Å². The van der Waals surface area contributed by atoms with Crippen molar-refractivity contribution in [1.29, 1.82) is 0 Å². The maximum absolute atomic E-state index is 6.23. The van der Waals surface area contributed by atoms with Crippen molar-refractivity contribution in [3.05, 3.63) is 23.0 Å². The Morgan fingerprint density at radius 3 is 2.82 bits per heavy atom. The van der Waals surface area contributed by atoms with Crippen molar-refractivity contribution >= 4 is 0 Å². The van der Waals surface area contributed by atoms with Crippen LogP contribution in [0.5, 0.6) is 0 Å². The smallest absolute Gasteiger partial charge is 0.0388 e. The molecule has 0 bridgehead atoms. The molecular weight excluding hydrogens is 208 g/mol. The molecule has 0 radical (unpaired) electrons. The van der Waals surface area contributed by atoms with Crippen LogP contribution in [0, 0.1) is 6.92 Å². The molecule has 0 aromatic carbocycles. The van der Waals surface area contributed by atoms with Crippen LogP contribution in [0.2, 0.25) is 0 Å². The fourth-order valence-electron chi connectivity index (χ4n) is 3.50. The fraction of sp³-hybridized carbons (Fsp3) is 0.733. The van der Waals surface area contributed by atoms with E-state index in [4.69, 9.17) is 5.73 Å². The summed E-state index contributed by atoms with van der Waals surface area (Å²) in [7, 11) is 0. The van der Waals surface area contributed by atoms with Gasteiger partial charge in [0.2, 0.25) is 0 Å². The molecule has 96 valence electrons. The average Bonchev–Trinajstić information content (AvgIpc) is 2.56. The molecule has 0 aliphatic heterocycles. The molecule has 0 saturated heterocycles. The van der Waals surface area contributed by atoms with E-state index >= 15 is 0 Å². The Balaban J connectivity index is 2.47. The minimum absolute atomic E-state index is 0.226. The summed E-state index contributed by atoms with van der Waals surface area (Å²) in [6.07, 6.45) is 6.03. The Morgan fingerprint density at radius 2 is 2.18 bits per heavy atom. The monoisotopic (exact) mass is 234 g/mol. The maximum Gasteiger partial charge on any atom is 0.0388 e. The molecule has 2 N–H and O–H groups in total. The van der Waals surface area contributed by atoms with E-state index in [0.717, 1.165) is 6.42 Å². The first-order valence-electron chi connectivity index (χ1n) is 6.94. The second kappa shape index (κ2) is 4.49. The molecule has 1 aliphatic carbocycles. The van der Waals surface area contributed by atoms with Crippen LogP contribution in [0.3, 0.4) is 0 Å². The van der Waals surface area contributed by atoms with Crippen LogP contribution in [-0.4, -0.2) is 4.57 Å². The molecule has 1 heterocycles. The van der Waals surface area contributed by atoms with Crippen molar-refractivity contribution in [3.63, 3.8) is 0 Å². The Labute approximate surface area is 105 Å². The zero-order chi connectivity index (χ0) is 12.6. The van der Waals surface area contributed by atoms with Gasteiger partial charge in [-0.05, 0) is 58.1 Å². The molecular formula is C15H26N2. The van der Waals surface area contributed by atoms with Crippen molar-refractivity contribution in [2.75, 3.05) is 0 Å². The van der Waals surface area contributed by atoms with E-state index in [1.54, 1.807) is 0 Å². The van der Waals surface area contributed by atoms with Crippen LogP contribution in [-0.2, 0) is 12.0 Å². The van der Waals surface area contributed by atoms with Gasteiger partial charge in [0.1, 0.15) is 0 Å². The van der Waals surface area contributed by atoms with Crippen molar-refractivity contribution in [1.82, 2.24) is 4.57 Å². The summed E-state index contributed by atoms with van der Waals surface area (Å²) in [6.45, 7) is 9.19. The normalized spacial score (nSPS) is 20.4. The van der Waals surface area contributed by atoms with Crippen LogP contribution in [0.15, 0.2) is 6.07 Å². The molecule has 2 rings (SSSR count). The molecule has 1 atom stereocenters. The van der Waals surface area contributed by atoms with E-state index in [1.165, 1.54) is 42.6 Å². The highest BCUT2D eigenvalue weighted by molar-refractivity contribution is 5.33.